The molecule has 0 spiro atoms. The number of nitrogens with zero attached hydrogens (tertiary/aromatic N) is 1. The molecule has 0 aromatic heterocycles. The molecule has 1 unspecified atom stereocenters. The number of ether oxygens (including phenoxy) is 1. The molecule has 0 aromatic carbocycles. The highest BCUT2D eigenvalue weighted by atomic mass is 16.5. The highest BCUT2D eigenvalue weighted by molar-refractivity contribution is 5.76. The van der Waals surface area contributed by atoms with Gasteiger partial charge >= 0.3 is 12.0 Å². The van der Waals surface area contributed by atoms with E-state index in [1.807, 2.05) is 13.8 Å². The molecule has 1 saturated heterocycles. The Labute approximate surface area is 120 Å². The van der Waals surface area contributed by atoms with E-state index < -0.39 is 5.97 Å². The highest BCUT2D eigenvalue weighted by Gasteiger charge is 2.24. The SMILES string of the molecule is CCCC(CC(=O)O)NC(=O)N1CCC(OCC)CC1. The molecular weight excluding hydrogens is 260 g/mol. The first-order valence-corrected chi connectivity index (χ1v) is 7.45. The largest absolute Gasteiger partial charge is 0.481 e. The van der Waals surface area contributed by atoms with Crippen LogP contribution in [0.4, 0.5) is 4.79 Å². The fourth-order valence-corrected chi connectivity index (χ4v) is 2.51. The minimum Gasteiger partial charge on any atom is -0.481 e. The number of carboxylic acids is 1. The van der Waals surface area contributed by atoms with E-state index in [4.69, 9.17) is 9.84 Å². The van der Waals surface area contributed by atoms with Crippen molar-refractivity contribution >= 4 is 12.0 Å². The molecule has 6 nitrogen and oxygen atoms in total. The Morgan fingerprint density at radius 2 is 2.00 bits per heavy atom. The number of piperidine rings is 1. The fraction of sp³-hybridized carbons (Fsp3) is 0.857. The van der Waals surface area contributed by atoms with Gasteiger partial charge in [-0.3, -0.25) is 4.79 Å². The molecule has 2 amide bonds. The molecule has 116 valence electrons. The van der Waals surface area contributed by atoms with Gasteiger partial charge < -0.3 is 20.1 Å². The number of amides is 2. The summed E-state index contributed by atoms with van der Waals surface area (Å²) < 4.78 is 5.55. The lowest BCUT2D eigenvalue weighted by molar-refractivity contribution is -0.137. The summed E-state index contributed by atoms with van der Waals surface area (Å²) in [5, 5.41) is 11.7. The van der Waals surface area contributed by atoms with Crippen LogP contribution in [0.15, 0.2) is 0 Å². The van der Waals surface area contributed by atoms with Gasteiger partial charge in [0, 0.05) is 25.7 Å². The normalized spacial score (nSPS) is 17.8. The highest BCUT2D eigenvalue weighted by Crippen LogP contribution is 2.14. The monoisotopic (exact) mass is 286 g/mol. The van der Waals surface area contributed by atoms with E-state index in [0.29, 0.717) is 26.1 Å². The van der Waals surface area contributed by atoms with Gasteiger partial charge in [0.2, 0.25) is 0 Å². The summed E-state index contributed by atoms with van der Waals surface area (Å²) in [6.45, 7) is 5.99. The molecule has 1 aliphatic rings. The minimum absolute atomic E-state index is 0.0189. The third-order valence-electron chi connectivity index (χ3n) is 3.52. The molecule has 2 N–H and O–H groups in total. The quantitative estimate of drug-likeness (QED) is 0.748. The van der Waals surface area contributed by atoms with Crippen molar-refractivity contribution in [1.29, 1.82) is 0 Å². The molecule has 20 heavy (non-hydrogen) atoms. The number of carbonyl (C=O) groups is 2. The average molecular weight is 286 g/mol. The van der Waals surface area contributed by atoms with Crippen LogP contribution in [0.2, 0.25) is 0 Å². The summed E-state index contributed by atoms with van der Waals surface area (Å²) in [5.74, 6) is -0.876. The zero-order valence-electron chi connectivity index (χ0n) is 12.4. The van der Waals surface area contributed by atoms with Crippen molar-refractivity contribution < 1.29 is 19.4 Å². The Hall–Kier alpha value is -1.30. The number of aliphatic carboxylic acids is 1. The molecule has 6 heteroatoms. The van der Waals surface area contributed by atoms with Crippen molar-refractivity contribution in [3.8, 4) is 0 Å². The average Bonchev–Trinajstić information content (AvgIpc) is 2.39. The van der Waals surface area contributed by atoms with Crippen molar-refractivity contribution in [3.05, 3.63) is 0 Å². The van der Waals surface area contributed by atoms with E-state index in [0.717, 1.165) is 19.3 Å². The number of likely N-dealkylation sites (tertiary alicyclic amines) is 1. The maximum Gasteiger partial charge on any atom is 0.317 e. The van der Waals surface area contributed by atoms with Gasteiger partial charge in [-0.05, 0) is 26.2 Å². The van der Waals surface area contributed by atoms with Crippen molar-refractivity contribution in [2.45, 2.75) is 58.1 Å². The predicted octanol–water partition coefficient (Wildman–Crippen LogP) is 1.84. The fourth-order valence-electron chi connectivity index (χ4n) is 2.51. The molecular formula is C14H26N2O4. The minimum atomic E-state index is -0.876. The Morgan fingerprint density at radius 1 is 1.35 bits per heavy atom. The van der Waals surface area contributed by atoms with Crippen molar-refractivity contribution in [2.24, 2.45) is 0 Å². The maximum absolute atomic E-state index is 12.1. The lowest BCUT2D eigenvalue weighted by Crippen LogP contribution is -2.49. The van der Waals surface area contributed by atoms with Crippen LogP contribution in [0.1, 0.15) is 46.0 Å². The molecule has 0 aliphatic carbocycles. The number of rotatable bonds is 7. The summed E-state index contributed by atoms with van der Waals surface area (Å²) in [4.78, 5) is 24.6. The van der Waals surface area contributed by atoms with Crippen LogP contribution in [0, 0.1) is 0 Å². The second kappa shape index (κ2) is 8.79. The molecule has 1 fully saturated rings. The number of hydrogen-bond acceptors (Lipinski definition) is 3. The summed E-state index contributed by atoms with van der Waals surface area (Å²) in [5.41, 5.74) is 0. The van der Waals surface area contributed by atoms with E-state index in [9.17, 15) is 9.59 Å². The zero-order chi connectivity index (χ0) is 15.0. The Balaban J connectivity index is 2.39. The molecule has 0 saturated carbocycles. The molecule has 1 rings (SSSR count). The standard InChI is InChI=1S/C14H26N2O4/c1-3-5-11(10-13(17)18)15-14(19)16-8-6-12(7-9-16)20-4-2/h11-12H,3-10H2,1-2H3,(H,15,19)(H,17,18). The summed E-state index contributed by atoms with van der Waals surface area (Å²) >= 11 is 0. The van der Waals surface area contributed by atoms with Crippen LogP contribution in [0.25, 0.3) is 0 Å². The van der Waals surface area contributed by atoms with Crippen LogP contribution in [0.3, 0.4) is 0 Å². The second-order valence-corrected chi connectivity index (χ2v) is 5.17. The van der Waals surface area contributed by atoms with Crippen molar-refractivity contribution in [3.63, 3.8) is 0 Å². The van der Waals surface area contributed by atoms with Gasteiger partial charge in [-0.25, -0.2) is 4.79 Å². The Bertz CT molecular complexity index is 314. The Morgan fingerprint density at radius 3 is 2.50 bits per heavy atom. The van der Waals surface area contributed by atoms with Crippen molar-refractivity contribution in [1.82, 2.24) is 10.2 Å². The predicted molar refractivity (Wildman–Crippen MR) is 75.7 cm³/mol. The van der Waals surface area contributed by atoms with Gasteiger partial charge in [-0.15, -0.1) is 0 Å². The first-order chi connectivity index (χ1) is 9.56. The number of carbonyl (C=O) groups excluding carboxylic acids is 1. The second-order valence-electron chi connectivity index (χ2n) is 5.17. The Kier molecular flexibility index (Phi) is 7.36. The smallest absolute Gasteiger partial charge is 0.317 e. The van der Waals surface area contributed by atoms with Crippen LogP contribution in [-0.2, 0) is 9.53 Å². The van der Waals surface area contributed by atoms with Gasteiger partial charge in [-0.2, -0.15) is 0 Å². The van der Waals surface area contributed by atoms with Gasteiger partial charge in [-0.1, -0.05) is 13.3 Å². The number of hydrogen-bond donors (Lipinski definition) is 2. The van der Waals surface area contributed by atoms with Crippen LogP contribution < -0.4 is 5.32 Å². The maximum atomic E-state index is 12.1. The molecule has 0 bridgehead atoms. The molecule has 1 heterocycles. The van der Waals surface area contributed by atoms with Gasteiger partial charge in [0.05, 0.1) is 12.5 Å². The van der Waals surface area contributed by atoms with Gasteiger partial charge in [0.1, 0.15) is 0 Å². The lowest BCUT2D eigenvalue weighted by atomic mass is 10.1. The van der Waals surface area contributed by atoms with Gasteiger partial charge in [0.15, 0.2) is 0 Å². The number of nitrogens with one attached hydrogen (secondary N) is 1. The van der Waals surface area contributed by atoms with E-state index in [1.165, 1.54) is 0 Å². The summed E-state index contributed by atoms with van der Waals surface area (Å²) in [6, 6.07) is -0.436. The van der Waals surface area contributed by atoms with Crippen molar-refractivity contribution in [2.75, 3.05) is 19.7 Å². The zero-order valence-corrected chi connectivity index (χ0v) is 12.4. The number of urea groups is 1. The molecule has 0 aromatic rings. The molecule has 1 atom stereocenters. The van der Waals surface area contributed by atoms with E-state index in [2.05, 4.69) is 5.32 Å². The molecule has 0 radical (unpaired) electrons. The van der Waals surface area contributed by atoms with E-state index >= 15 is 0 Å². The third-order valence-corrected chi connectivity index (χ3v) is 3.52. The van der Waals surface area contributed by atoms with E-state index in [1.54, 1.807) is 4.90 Å². The van der Waals surface area contributed by atoms with E-state index in [-0.39, 0.29) is 24.6 Å². The molecule has 1 aliphatic heterocycles. The summed E-state index contributed by atoms with van der Waals surface area (Å²) in [6.07, 6.45) is 3.46. The van der Waals surface area contributed by atoms with Crippen LogP contribution in [0.5, 0.6) is 0 Å². The number of carboxylic acid groups (broad SMARTS) is 1. The first-order valence-electron chi connectivity index (χ1n) is 7.45. The topological polar surface area (TPSA) is 78.9 Å². The van der Waals surface area contributed by atoms with Crippen LogP contribution in [-0.4, -0.2) is 53.8 Å². The lowest BCUT2D eigenvalue weighted by Gasteiger charge is -2.32. The first kappa shape index (κ1) is 16.8. The summed E-state index contributed by atoms with van der Waals surface area (Å²) in [7, 11) is 0. The third kappa shape index (κ3) is 5.77. The van der Waals surface area contributed by atoms with Gasteiger partial charge in [0.25, 0.3) is 0 Å². The van der Waals surface area contributed by atoms with Crippen LogP contribution >= 0.6 is 0 Å².